The van der Waals surface area contributed by atoms with E-state index in [2.05, 4.69) is 10.3 Å². The van der Waals surface area contributed by atoms with Gasteiger partial charge in [0.1, 0.15) is 11.6 Å². The first-order chi connectivity index (χ1) is 12.6. The Bertz CT molecular complexity index is 984. The Labute approximate surface area is 150 Å². The van der Waals surface area contributed by atoms with Gasteiger partial charge in [0, 0.05) is 18.2 Å². The summed E-state index contributed by atoms with van der Waals surface area (Å²) in [6.07, 6.45) is 2.29. The Morgan fingerprint density at radius 1 is 1.19 bits per heavy atom. The number of anilines is 1. The molecule has 1 aliphatic rings. The number of nitrogens with zero attached hydrogens (tertiary/aromatic N) is 1. The Balaban J connectivity index is 1.74. The van der Waals surface area contributed by atoms with Gasteiger partial charge in [0.25, 0.3) is 5.91 Å². The predicted molar refractivity (Wildman–Crippen MR) is 98.2 cm³/mol. The maximum Gasteiger partial charge on any atom is 0.253 e. The van der Waals surface area contributed by atoms with Crippen LogP contribution in [0.2, 0.25) is 0 Å². The topological polar surface area (TPSA) is 77.2 Å². The minimum Gasteiger partial charge on any atom is -0.383 e. The summed E-state index contributed by atoms with van der Waals surface area (Å²) in [4.78, 5) is 16.8. The van der Waals surface area contributed by atoms with Crippen LogP contribution in [0.3, 0.4) is 0 Å². The Hall–Kier alpha value is -2.99. The zero-order valence-corrected chi connectivity index (χ0v) is 14.0. The number of hydrogen-bond acceptors (Lipinski definition) is 4. The molecule has 5 nitrogen and oxygen atoms in total. The number of carbonyl (C=O) groups excluding carboxylic acids is 1. The second kappa shape index (κ2) is 6.72. The molecule has 3 aromatic rings. The number of rotatable bonds is 3. The summed E-state index contributed by atoms with van der Waals surface area (Å²) in [6, 6.07) is 11.9. The molecule has 0 saturated carbocycles. The average molecular weight is 351 g/mol. The van der Waals surface area contributed by atoms with E-state index < -0.39 is 0 Å². The number of nitrogens with one attached hydrogen (secondary N) is 1. The van der Waals surface area contributed by atoms with Gasteiger partial charge >= 0.3 is 0 Å². The van der Waals surface area contributed by atoms with Gasteiger partial charge in [-0.3, -0.25) is 4.79 Å². The van der Waals surface area contributed by atoms with Crippen molar-refractivity contribution in [1.29, 1.82) is 0 Å². The van der Waals surface area contributed by atoms with Crippen LogP contribution in [0.4, 0.5) is 10.2 Å². The molecule has 1 aliphatic heterocycles. The van der Waals surface area contributed by atoms with E-state index in [1.807, 2.05) is 24.3 Å². The molecule has 26 heavy (non-hydrogen) atoms. The Morgan fingerprint density at radius 2 is 2.04 bits per heavy atom. The summed E-state index contributed by atoms with van der Waals surface area (Å²) in [5.41, 5.74) is 8.05. The van der Waals surface area contributed by atoms with Gasteiger partial charge in [-0.1, -0.05) is 24.3 Å². The van der Waals surface area contributed by atoms with Crippen molar-refractivity contribution in [3.63, 3.8) is 0 Å². The van der Waals surface area contributed by atoms with Crippen LogP contribution in [0.15, 0.2) is 48.7 Å². The highest BCUT2D eigenvalue weighted by Crippen LogP contribution is 2.29. The molecule has 3 N–H and O–H groups in total. The molecule has 1 fully saturated rings. The molecule has 2 aromatic carbocycles. The van der Waals surface area contributed by atoms with Crippen molar-refractivity contribution >= 4 is 22.5 Å². The predicted octanol–water partition coefficient (Wildman–Crippen LogP) is 3.14. The van der Waals surface area contributed by atoms with Crippen LogP contribution in [-0.4, -0.2) is 30.1 Å². The lowest BCUT2D eigenvalue weighted by molar-refractivity contribution is 0.0931. The van der Waals surface area contributed by atoms with Gasteiger partial charge in [0.05, 0.1) is 18.2 Å². The average Bonchev–Trinajstić information content (AvgIpc) is 3.15. The van der Waals surface area contributed by atoms with Gasteiger partial charge in [0.2, 0.25) is 0 Å². The summed E-state index contributed by atoms with van der Waals surface area (Å²) in [6.45, 7) is 1.18. The first-order valence-electron chi connectivity index (χ1n) is 8.44. The van der Waals surface area contributed by atoms with E-state index in [-0.39, 0.29) is 17.8 Å². The number of amides is 1. The minimum atomic E-state index is -0.305. The molecule has 1 unspecified atom stereocenters. The lowest BCUT2D eigenvalue weighted by Crippen LogP contribution is -2.35. The smallest absolute Gasteiger partial charge is 0.253 e. The van der Waals surface area contributed by atoms with Gasteiger partial charge in [-0.25, -0.2) is 9.37 Å². The van der Waals surface area contributed by atoms with Gasteiger partial charge in [0.15, 0.2) is 0 Å². The molecule has 0 spiro atoms. The highest BCUT2D eigenvalue weighted by atomic mass is 19.1. The van der Waals surface area contributed by atoms with E-state index in [4.69, 9.17) is 10.5 Å². The molecule has 0 aliphatic carbocycles. The maximum atomic E-state index is 13.5. The number of nitrogens with two attached hydrogens (primary N) is 1. The van der Waals surface area contributed by atoms with Crippen LogP contribution in [0.5, 0.6) is 0 Å². The summed E-state index contributed by atoms with van der Waals surface area (Å²) >= 11 is 0. The molecular formula is C20H18FN3O2. The fourth-order valence-corrected chi connectivity index (χ4v) is 3.20. The van der Waals surface area contributed by atoms with Gasteiger partial charge in [-0.15, -0.1) is 0 Å². The lowest BCUT2D eigenvalue weighted by atomic mass is 9.99. The van der Waals surface area contributed by atoms with Crippen LogP contribution in [-0.2, 0) is 4.74 Å². The molecule has 1 amide bonds. The van der Waals surface area contributed by atoms with Crippen molar-refractivity contribution in [2.75, 3.05) is 18.9 Å². The molecule has 1 aromatic heterocycles. The van der Waals surface area contributed by atoms with Crippen LogP contribution in [0.25, 0.3) is 21.9 Å². The lowest BCUT2D eigenvalue weighted by Gasteiger charge is -2.13. The van der Waals surface area contributed by atoms with E-state index in [1.165, 1.54) is 18.3 Å². The Morgan fingerprint density at radius 3 is 2.81 bits per heavy atom. The van der Waals surface area contributed by atoms with Crippen LogP contribution in [0.1, 0.15) is 16.8 Å². The van der Waals surface area contributed by atoms with Gasteiger partial charge in [-0.2, -0.15) is 0 Å². The third kappa shape index (κ3) is 3.11. The van der Waals surface area contributed by atoms with E-state index in [0.29, 0.717) is 35.4 Å². The molecule has 0 radical (unpaired) electrons. The Kier molecular flexibility index (Phi) is 4.26. The molecule has 0 bridgehead atoms. The van der Waals surface area contributed by atoms with Crippen molar-refractivity contribution in [1.82, 2.24) is 10.3 Å². The van der Waals surface area contributed by atoms with E-state index in [1.54, 1.807) is 6.07 Å². The second-order valence-electron chi connectivity index (χ2n) is 6.36. The minimum absolute atomic E-state index is 0.0154. The number of hydrogen-bond donors (Lipinski definition) is 2. The number of halogens is 1. The first kappa shape index (κ1) is 16.5. The summed E-state index contributed by atoms with van der Waals surface area (Å²) < 4.78 is 18.8. The number of ether oxygens (including phenoxy) is 1. The van der Waals surface area contributed by atoms with Crippen LogP contribution >= 0.6 is 0 Å². The molecule has 2 heterocycles. The largest absolute Gasteiger partial charge is 0.383 e. The van der Waals surface area contributed by atoms with E-state index in [9.17, 15) is 9.18 Å². The fourth-order valence-electron chi connectivity index (χ4n) is 3.20. The molecule has 4 rings (SSSR count). The normalized spacial score (nSPS) is 16.7. The van der Waals surface area contributed by atoms with Crippen molar-refractivity contribution in [3.05, 3.63) is 60.0 Å². The number of pyridine rings is 1. The monoisotopic (exact) mass is 351 g/mol. The number of carbonyl (C=O) groups is 1. The second-order valence-corrected chi connectivity index (χ2v) is 6.36. The maximum absolute atomic E-state index is 13.5. The highest BCUT2D eigenvalue weighted by Gasteiger charge is 2.20. The molecule has 6 heteroatoms. The van der Waals surface area contributed by atoms with Crippen LogP contribution < -0.4 is 11.1 Å². The summed E-state index contributed by atoms with van der Waals surface area (Å²) in [7, 11) is 0. The zero-order valence-electron chi connectivity index (χ0n) is 14.0. The third-order valence-corrected chi connectivity index (χ3v) is 4.59. The summed E-state index contributed by atoms with van der Waals surface area (Å²) in [5.74, 6) is -0.170. The molecule has 1 atom stereocenters. The molecular weight excluding hydrogens is 333 g/mol. The van der Waals surface area contributed by atoms with Crippen LogP contribution in [0, 0.1) is 5.82 Å². The quantitative estimate of drug-likeness (QED) is 0.760. The number of benzene rings is 2. The number of aromatic nitrogens is 1. The third-order valence-electron chi connectivity index (χ3n) is 4.59. The number of nitrogen functional groups attached to an aromatic ring is 1. The van der Waals surface area contributed by atoms with Gasteiger partial charge < -0.3 is 15.8 Å². The SMILES string of the molecule is Nc1ncc(C(=O)NC2CCOC2)c2ccc(-c3cccc(F)c3)cc12. The van der Waals surface area contributed by atoms with Crippen molar-refractivity contribution < 1.29 is 13.9 Å². The summed E-state index contributed by atoms with van der Waals surface area (Å²) in [5, 5.41) is 4.35. The fraction of sp³-hybridized carbons (Fsp3) is 0.200. The molecule has 132 valence electrons. The van der Waals surface area contributed by atoms with E-state index in [0.717, 1.165) is 17.5 Å². The standard InChI is InChI=1S/C20H18FN3O2/c21-14-3-1-2-12(8-14)13-4-5-16-17(9-13)19(22)23-10-18(16)20(25)24-15-6-7-26-11-15/h1-5,8-10,15H,6-7,11H2,(H2,22,23)(H,24,25). The van der Waals surface area contributed by atoms with Gasteiger partial charge in [-0.05, 0) is 41.1 Å². The van der Waals surface area contributed by atoms with Crippen molar-refractivity contribution in [2.45, 2.75) is 12.5 Å². The highest BCUT2D eigenvalue weighted by molar-refractivity contribution is 6.09. The van der Waals surface area contributed by atoms with Crippen molar-refractivity contribution in [2.24, 2.45) is 0 Å². The van der Waals surface area contributed by atoms with E-state index >= 15 is 0 Å². The molecule has 1 saturated heterocycles. The number of fused-ring (bicyclic) bond motifs is 1. The van der Waals surface area contributed by atoms with Crippen molar-refractivity contribution in [3.8, 4) is 11.1 Å². The first-order valence-corrected chi connectivity index (χ1v) is 8.44. The zero-order chi connectivity index (χ0) is 18.1.